The average Bonchev–Trinajstić information content (AvgIpc) is 2.39. The summed E-state index contributed by atoms with van der Waals surface area (Å²) in [4.78, 5) is 4.01. The Morgan fingerprint density at radius 2 is 2.50 bits per heavy atom. The van der Waals surface area contributed by atoms with E-state index in [1.165, 1.54) is 6.07 Å². The smallest absolute Gasteiger partial charge is 0.165 e. The van der Waals surface area contributed by atoms with Gasteiger partial charge in [-0.1, -0.05) is 0 Å². The van der Waals surface area contributed by atoms with Crippen LogP contribution in [0.15, 0.2) is 18.3 Å². The first-order chi connectivity index (χ1) is 8.76. The molecule has 1 saturated heterocycles. The normalized spacial score (nSPS) is 23.9. The summed E-state index contributed by atoms with van der Waals surface area (Å²) in [6.07, 6.45) is 3.79. The van der Waals surface area contributed by atoms with Crippen LogP contribution in [-0.2, 0) is 4.74 Å². The minimum atomic E-state index is -0.311. The quantitative estimate of drug-likeness (QED) is 0.837. The minimum Gasteiger partial charge on any atom is -0.384 e. The van der Waals surface area contributed by atoms with Gasteiger partial charge in [0, 0.05) is 31.8 Å². The molecule has 1 aliphatic heterocycles. The Morgan fingerprint density at radius 1 is 1.61 bits per heavy atom. The summed E-state index contributed by atoms with van der Waals surface area (Å²) in [5, 5.41) is 6.48. The van der Waals surface area contributed by atoms with E-state index in [2.05, 4.69) is 15.6 Å². The van der Waals surface area contributed by atoms with Crippen molar-refractivity contribution in [3.05, 3.63) is 24.1 Å². The van der Waals surface area contributed by atoms with Crippen LogP contribution >= 0.6 is 0 Å². The second-order valence-corrected chi connectivity index (χ2v) is 4.90. The highest BCUT2D eigenvalue weighted by atomic mass is 19.1. The van der Waals surface area contributed by atoms with Gasteiger partial charge < -0.3 is 15.4 Å². The van der Waals surface area contributed by atoms with Gasteiger partial charge in [-0.15, -0.1) is 0 Å². The van der Waals surface area contributed by atoms with Crippen molar-refractivity contribution >= 4 is 5.82 Å². The lowest BCUT2D eigenvalue weighted by atomic mass is 9.81. The van der Waals surface area contributed by atoms with Gasteiger partial charge in [0.1, 0.15) is 0 Å². The van der Waals surface area contributed by atoms with Crippen molar-refractivity contribution < 1.29 is 9.13 Å². The Labute approximate surface area is 107 Å². The zero-order chi connectivity index (χ0) is 12.8. The Bertz CT molecular complexity index is 375. The number of ether oxygens (including phenoxy) is 1. The third kappa shape index (κ3) is 3.17. The predicted molar refractivity (Wildman–Crippen MR) is 69.1 cm³/mol. The zero-order valence-electron chi connectivity index (χ0n) is 10.7. The topological polar surface area (TPSA) is 46.2 Å². The number of nitrogens with zero attached hydrogens (tertiary/aromatic N) is 1. The first-order valence-electron chi connectivity index (χ1n) is 6.30. The molecule has 1 unspecified atom stereocenters. The number of pyridine rings is 1. The Kier molecular flexibility index (Phi) is 4.49. The molecule has 5 heteroatoms. The first kappa shape index (κ1) is 13.2. The molecule has 0 aromatic carbocycles. The van der Waals surface area contributed by atoms with E-state index in [4.69, 9.17) is 4.74 Å². The van der Waals surface area contributed by atoms with Crippen LogP contribution in [0.3, 0.4) is 0 Å². The number of methoxy groups -OCH3 is 1. The summed E-state index contributed by atoms with van der Waals surface area (Å²) in [5.74, 6) is 0.00684. The highest BCUT2D eigenvalue weighted by Gasteiger charge is 2.32. The molecule has 2 heterocycles. The Morgan fingerprint density at radius 3 is 3.17 bits per heavy atom. The zero-order valence-corrected chi connectivity index (χ0v) is 10.7. The van der Waals surface area contributed by atoms with E-state index in [1.54, 1.807) is 19.4 Å². The minimum absolute atomic E-state index is 0.0248. The monoisotopic (exact) mass is 253 g/mol. The second-order valence-electron chi connectivity index (χ2n) is 4.90. The standard InChI is InChI=1S/C13H20FN3O/c1-18-10-13(5-3-6-15-8-13)9-17-12-11(14)4-2-7-16-12/h2,4,7,15H,3,5-6,8-10H2,1H3,(H,16,17). The lowest BCUT2D eigenvalue weighted by Gasteiger charge is -2.37. The molecule has 1 aliphatic rings. The van der Waals surface area contributed by atoms with Crippen molar-refractivity contribution in [2.24, 2.45) is 5.41 Å². The molecule has 0 saturated carbocycles. The molecule has 2 rings (SSSR count). The van der Waals surface area contributed by atoms with Crippen molar-refractivity contribution in [1.82, 2.24) is 10.3 Å². The third-order valence-electron chi connectivity index (χ3n) is 3.40. The number of piperidine rings is 1. The SMILES string of the molecule is COCC1(CNc2ncccc2F)CCCNC1. The largest absolute Gasteiger partial charge is 0.384 e. The van der Waals surface area contributed by atoms with Gasteiger partial charge in [0.15, 0.2) is 11.6 Å². The first-order valence-corrected chi connectivity index (χ1v) is 6.30. The number of halogens is 1. The number of anilines is 1. The third-order valence-corrected chi connectivity index (χ3v) is 3.40. The highest BCUT2D eigenvalue weighted by molar-refractivity contribution is 5.35. The van der Waals surface area contributed by atoms with Gasteiger partial charge >= 0.3 is 0 Å². The van der Waals surface area contributed by atoms with Crippen molar-refractivity contribution in [1.29, 1.82) is 0 Å². The van der Waals surface area contributed by atoms with Crippen molar-refractivity contribution in [3.63, 3.8) is 0 Å². The summed E-state index contributed by atoms with van der Waals surface area (Å²) in [7, 11) is 1.71. The molecule has 0 spiro atoms. The van der Waals surface area contributed by atoms with Gasteiger partial charge in [-0.25, -0.2) is 9.37 Å². The molecular weight excluding hydrogens is 233 g/mol. The lowest BCUT2D eigenvalue weighted by molar-refractivity contribution is 0.0678. The summed E-state index contributed by atoms with van der Waals surface area (Å²) < 4.78 is 18.8. The van der Waals surface area contributed by atoms with Crippen LogP contribution in [-0.4, -0.2) is 38.3 Å². The molecule has 1 atom stereocenters. The summed E-state index contributed by atoms with van der Waals surface area (Å²) in [6.45, 7) is 3.27. The molecule has 2 N–H and O–H groups in total. The van der Waals surface area contributed by atoms with E-state index >= 15 is 0 Å². The molecule has 18 heavy (non-hydrogen) atoms. The molecule has 1 aromatic rings. The van der Waals surface area contributed by atoms with E-state index in [0.717, 1.165) is 25.9 Å². The number of hydrogen-bond donors (Lipinski definition) is 2. The van der Waals surface area contributed by atoms with Crippen LogP contribution in [0, 0.1) is 11.2 Å². The van der Waals surface area contributed by atoms with Gasteiger partial charge in [0.2, 0.25) is 0 Å². The van der Waals surface area contributed by atoms with E-state index in [9.17, 15) is 4.39 Å². The molecule has 0 aliphatic carbocycles. The number of nitrogens with one attached hydrogen (secondary N) is 2. The predicted octanol–water partition coefficient (Wildman–Crippen LogP) is 1.65. The molecule has 0 amide bonds. The van der Waals surface area contributed by atoms with Crippen molar-refractivity contribution in [3.8, 4) is 0 Å². The molecular formula is C13H20FN3O. The maximum absolute atomic E-state index is 13.5. The van der Waals surface area contributed by atoms with E-state index < -0.39 is 0 Å². The van der Waals surface area contributed by atoms with Crippen LogP contribution in [0.1, 0.15) is 12.8 Å². The molecule has 4 nitrogen and oxygen atoms in total. The molecule has 0 radical (unpaired) electrons. The van der Waals surface area contributed by atoms with Crippen LogP contribution in [0.4, 0.5) is 10.2 Å². The van der Waals surface area contributed by atoms with Crippen molar-refractivity contribution in [2.45, 2.75) is 12.8 Å². The van der Waals surface area contributed by atoms with Gasteiger partial charge in [-0.05, 0) is 31.5 Å². The van der Waals surface area contributed by atoms with Gasteiger partial charge in [-0.2, -0.15) is 0 Å². The number of aromatic nitrogens is 1. The van der Waals surface area contributed by atoms with E-state index in [-0.39, 0.29) is 11.2 Å². The van der Waals surface area contributed by atoms with Gasteiger partial charge in [0.25, 0.3) is 0 Å². The fourth-order valence-electron chi connectivity index (χ4n) is 2.45. The lowest BCUT2D eigenvalue weighted by Crippen LogP contribution is -2.47. The van der Waals surface area contributed by atoms with Crippen LogP contribution in [0.2, 0.25) is 0 Å². The fraction of sp³-hybridized carbons (Fsp3) is 0.615. The van der Waals surface area contributed by atoms with Gasteiger partial charge in [0.05, 0.1) is 6.61 Å². The Hall–Kier alpha value is -1.20. The maximum Gasteiger partial charge on any atom is 0.165 e. The van der Waals surface area contributed by atoms with E-state index in [1.807, 2.05) is 0 Å². The van der Waals surface area contributed by atoms with Crippen LogP contribution in [0.25, 0.3) is 0 Å². The Balaban J connectivity index is 1.99. The van der Waals surface area contributed by atoms with Crippen LogP contribution in [0.5, 0.6) is 0 Å². The average molecular weight is 253 g/mol. The summed E-state index contributed by atoms with van der Waals surface area (Å²) in [6, 6.07) is 3.01. The molecule has 0 bridgehead atoms. The fourth-order valence-corrected chi connectivity index (χ4v) is 2.45. The molecule has 1 aromatic heterocycles. The molecule has 100 valence electrons. The summed E-state index contributed by atoms with van der Waals surface area (Å²) >= 11 is 0. The highest BCUT2D eigenvalue weighted by Crippen LogP contribution is 2.27. The van der Waals surface area contributed by atoms with Gasteiger partial charge in [-0.3, -0.25) is 0 Å². The van der Waals surface area contributed by atoms with Crippen molar-refractivity contribution in [2.75, 3.05) is 38.7 Å². The second kappa shape index (κ2) is 6.11. The van der Waals surface area contributed by atoms with E-state index in [0.29, 0.717) is 19.0 Å². The molecule has 1 fully saturated rings. The summed E-state index contributed by atoms with van der Waals surface area (Å²) in [5.41, 5.74) is 0.0248. The van der Waals surface area contributed by atoms with Crippen LogP contribution < -0.4 is 10.6 Å². The number of rotatable bonds is 5. The maximum atomic E-state index is 13.5. The number of hydrogen-bond acceptors (Lipinski definition) is 4.